The van der Waals surface area contributed by atoms with Crippen LogP contribution in [0, 0.1) is 0 Å². The number of hydrogen-bond acceptors (Lipinski definition) is 1. The first kappa shape index (κ1) is 21.0. The third-order valence-electron chi connectivity index (χ3n) is 6.27. The summed E-state index contributed by atoms with van der Waals surface area (Å²) in [6, 6.07) is 33.9. The van der Waals surface area contributed by atoms with Gasteiger partial charge in [0, 0.05) is 24.0 Å². The minimum absolute atomic E-state index is 1.06. The number of aryl methyl sites for hydroxylation is 2. The third-order valence-corrected chi connectivity index (χ3v) is 6.27. The van der Waals surface area contributed by atoms with E-state index < -0.39 is 0 Å². The Morgan fingerprint density at radius 3 is 2.09 bits per heavy atom. The molecular weight excluding hydrogens is 400 g/mol. The quantitative estimate of drug-likeness (QED) is 0.243. The molecule has 1 aliphatic rings. The van der Waals surface area contributed by atoms with Gasteiger partial charge in [-0.3, -0.25) is 4.98 Å². The van der Waals surface area contributed by atoms with Gasteiger partial charge < -0.3 is 4.98 Å². The molecule has 0 radical (unpaired) electrons. The summed E-state index contributed by atoms with van der Waals surface area (Å²) in [4.78, 5) is 7.04. The van der Waals surface area contributed by atoms with Crippen LogP contribution in [0.5, 0.6) is 0 Å². The summed E-state index contributed by atoms with van der Waals surface area (Å²) in [6.07, 6.45) is 10.8. The third kappa shape index (κ3) is 4.80. The number of benzene rings is 4. The lowest BCUT2D eigenvalue weighted by Crippen LogP contribution is -2.02. The fourth-order valence-corrected chi connectivity index (χ4v) is 4.64. The van der Waals surface area contributed by atoms with Gasteiger partial charge in [-0.05, 0) is 82.6 Å². The van der Waals surface area contributed by atoms with Crippen LogP contribution in [0.3, 0.4) is 0 Å². The predicted octanol–water partition coefficient (Wildman–Crippen LogP) is 8.12. The molecule has 0 amide bonds. The molecular formula is C31H28N2. The Morgan fingerprint density at radius 2 is 1.27 bits per heavy atom. The molecule has 0 saturated heterocycles. The first-order valence-corrected chi connectivity index (χ1v) is 11.7. The molecule has 0 fully saturated rings. The van der Waals surface area contributed by atoms with E-state index in [1.165, 1.54) is 52.6 Å². The van der Waals surface area contributed by atoms with Crippen LogP contribution in [-0.4, -0.2) is 9.97 Å². The highest BCUT2D eigenvalue weighted by atomic mass is 14.6. The highest BCUT2D eigenvalue weighted by Gasteiger charge is 2.13. The molecule has 0 atom stereocenters. The van der Waals surface area contributed by atoms with Crippen LogP contribution in [0.4, 0.5) is 0 Å². The second-order valence-corrected chi connectivity index (χ2v) is 8.37. The van der Waals surface area contributed by atoms with Crippen molar-refractivity contribution in [2.24, 2.45) is 0 Å². The number of para-hydroxylation sites is 1. The molecule has 1 aliphatic carbocycles. The maximum absolute atomic E-state index is 4.18. The first-order valence-electron chi connectivity index (χ1n) is 11.7. The second-order valence-electron chi connectivity index (χ2n) is 8.37. The summed E-state index contributed by atoms with van der Waals surface area (Å²) in [5, 5.41) is 6.84. The Labute approximate surface area is 194 Å². The van der Waals surface area contributed by atoms with Crippen LogP contribution in [0.15, 0.2) is 116 Å². The summed E-state index contributed by atoms with van der Waals surface area (Å²) >= 11 is 0. The van der Waals surface area contributed by atoms with E-state index in [1.54, 1.807) is 11.1 Å². The number of hydrogen-bond donors (Lipinski definition) is 1. The van der Waals surface area contributed by atoms with Gasteiger partial charge in [-0.25, -0.2) is 0 Å². The number of fused-ring (bicyclic) bond motifs is 6. The molecule has 1 N–H and O–H groups in total. The van der Waals surface area contributed by atoms with E-state index in [0.29, 0.717) is 0 Å². The van der Waals surface area contributed by atoms with Crippen molar-refractivity contribution in [2.75, 3.05) is 0 Å². The zero-order chi connectivity index (χ0) is 22.3. The van der Waals surface area contributed by atoms with Crippen molar-refractivity contribution < 1.29 is 0 Å². The number of aromatic amines is 1. The molecule has 2 nitrogen and oxygen atoms in total. The van der Waals surface area contributed by atoms with Crippen molar-refractivity contribution in [3.05, 3.63) is 127 Å². The highest BCUT2D eigenvalue weighted by molar-refractivity contribution is 6.08. The SMILES string of the molecule is c1cc[nH]c1.c1ccc2c(c1)ccc1c3c(ccc12)CCCC3.c1ccc2ncccc2c1. The topological polar surface area (TPSA) is 28.7 Å². The molecule has 0 spiro atoms. The van der Waals surface area contributed by atoms with E-state index in [2.05, 4.69) is 70.6 Å². The molecule has 4 aromatic carbocycles. The van der Waals surface area contributed by atoms with Gasteiger partial charge in [0.15, 0.2) is 0 Å². The van der Waals surface area contributed by atoms with Crippen molar-refractivity contribution in [1.29, 1.82) is 0 Å². The molecule has 0 unspecified atom stereocenters. The Kier molecular flexibility index (Phi) is 6.44. The molecule has 7 rings (SSSR count). The van der Waals surface area contributed by atoms with Gasteiger partial charge in [-0.1, -0.05) is 72.8 Å². The van der Waals surface area contributed by atoms with Crippen LogP contribution in [-0.2, 0) is 12.8 Å². The van der Waals surface area contributed by atoms with Gasteiger partial charge in [-0.2, -0.15) is 0 Å². The molecule has 33 heavy (non-hydrogen) atoms. The van der Waals surface area contributed by atoms with Gasteiger partial charge in [0.25, 0.3) is 0 Å². The highest BCUT2D eigenvalue weighted by Crippen LogP contribution is 2.33. The summed E-state index contributed by atoms with van der Waals surface area (Å²) in [5.41, 5.74) is 4.23. The van der Waals surface area contributed by atoms with Gasteiger partial charge in [0.1, 0.15) is 0 Å². The molecule has 6 aromatic rings. The lowest BCUT2D eigenvalue weighted by Gasteiger charge is -2.18. The van der Waals surface area contributed by atoms with Crippen LogP contribution >= 0.6 is 0 Å². The number of H-pyrrole nitrogens is 1. The Bertz CT molecular complexity index is 1380. The van der Waals surface area contributed by atoms with Crippen molar-refractivity contribution in [3.8, 4) is 0 Å². The predicted molar refractivity (Wildman–Crippen MR) is 141 cm³/mol. The maximum atomic E-state index is 4.18. The molecule has 162 valence electrons. The lowest BCUT2D eigenvalue weighted by molar-refractivity contribution is 0.690. The van der Waals surface area contributed by atoms with Gasteiger partial charge >= 0.3 is 0 Å². The van der Waals surface area contributed by atoms with E-state index in [0.717, 1.165) is 5.52 Å². The first-order chi connectivity index (χ1) is 16.4. The van der Waals surface area contributed by atoms with Crippen LogP contribution in [0.1, 0.15) is 24.0 Å². The van der Waals surface area contributed by atoms with Crippen LogP contribution < -0.4 is 0 Å². The molecule has 0 saturated carbocycles. The molecule has 2 aromatic heterocycles. The van der Waals surface area contributed by atoms with E-state index in [4.69, 9.17) is 0 Å². The molecule has 0 bridgehead atoms. The summed E-state index contributed by atoms with van der Waals surface area (Å²) in [7, 11) is 0. The van der Waals surface area contributed by atoms with Crippen LogP contribution in [0.2, 0.25) is 0 Å². The number of nitrogens with one attached hydrogen (secondary N) is 1. The van der Waals surface area contributed by atoms with Gasteiger partial charge in [0.2, 0.25) is 0 Å². The molecule has 2 heteroatoms. The number of rotatable bonds is 0. The van der Waals surface area contributed by atoms with Crippen molar-refractivity contribution in [1.82, 2.24) is 9.97 Å². The average Bonchev–Trinajstić information content (AvgIpc) is 3.49. The summed E-state index contributed by atoms with van der Waals surface area (Å²) in [5.74, 6) is 0. The fourth-order valence-electron chi connectivity index (χ4n) is 4.64. The molecule has 2 heterocycles. The monoisotopic (exact) mass is 428 g/mol. The Hall–Kier alpha value is -3.91. The Morgan fingerprint density at radius 1 is 0.545 bits per heavy atom. The van der Waals surface area contributed by atoms with Crippen molar-refractivity contribution >= 4 is 32.4 Å². The second kappa shape index (κ2) is 10.1. The zero-order valence-corrected chi connectivity index (χ0v) is 18.7. The normalized spacial score (nSPS) is 12.4. The number of pyridine rings is 1. The van der Waals surface area contributed by atoms with E-state index in [9.17, 15) is 0 Å². The van der Waals surface area contributed by atoms with Crippen LogP contribution in [0.25, 0.3) is 32.4 Å². The number of aromatic nitrogens is 2. The van der Waals surface area contributed by atoms with E-state index >= 15 is 0 Å². The van der Waals surface area contributed by atoms with Crippen molar-refractivity contribution in [2.45, 2.75) is 25.7 Å². The lowest BCUT2D eigenvalue weighted by atomic mass is 9.86. The fraction of sp³-hybridized carbons (Fsp3) is 0.129. The maximum Gasteiger partial charge on any atom is 0.0701 e. The van der Waals surface area contributed by atoms with Gasteiger partial charge in [-0.15, -0.1) is 0 Å². The smallest absolute Gasteiger partial charge is 0.0701 e. The van der Waals surface area contributed by atoms with E-state index in [-0.39, 0.29) is 0 Å². The average molecular weight is 429 g/mol. The van der Waals surface area contributed by atoms with Gasteiger partial charge in [0.05, 0.1) is 5.52 Å². The largest absolute Gasteiger partial charge is 0.368 e. The molecule has 0 aliphatic heterocycles. The zero-order valence-electron chi connectivity index (χ0n) is 18.7. The minimum atomic E-state index is 1.06. The Balaban J connectivity index is 0.000000127. The minimum Gasteiger partial charge on any atom is -0.368 e. The van der Waals surface area contributed by atoms with Crippen molar-refractivity contribution in [3.63, 3.8) is 0 Å². The van der Waals surface area contributed by atoms with E-state index in [1.807, 2.05) is 55.0 Å². The number of nitrogens with zero attached hydrogens (tertiary/aromatic N) is 1. The standard InChI is InChI=1S/C18H16.C9H7N.C4H5N/c1-3-7-15-13(5-1)9-11-18-16-8-4-2-6-14(16)10-12-17(15)18;1-2-6-9-8(4-1)5-3-7-10-9;1-2-4-5-3-1/h1,3,5,7,9-12H,2,4,6,8H2;1-7H;1-5H. The summed E-state index contributed by atoms with van der Waals surface area (Å²) in [6.45, 7) is 0. The summed E-state index contributed by atoms with van der Waals surface area (Å²) < 4.78 is 0.